The lowest BCUT2D eigenvalue weighted by molar-refractivity contribution is 0.431. The predicted octanol–water partition coefficient (Wildman–Crippen LogP) is 3.58. The molecule has 0 unspecified atom stereocenters. The van der Waals surface area contributed by atoms with Crippen LogP contribution in [0.5, 0.6) is 11.5 Å². The van der Waals surface area contributed by atoms with Gasteiger partial charge in [-0.05, 0) is 93.4 Å². The summed E-state index contributed by atoms with van der Waals surface area (Å²) in [7, 11) is -9.22. The van der Waals surface area contributed by atoms with E-state index in [4.69, 9.17) is 4.74 Å². The molecule has 50 heavy (non-hydrogen) atoms. The maximum absolute atomic E-state index is 13.4. The van der Waals surface area contributed by atoms with E-state index < -0.39 is 25.0 Å². The number of nitrogens with zero attached hydrogens (tertiary/aromatic N) is 3. The zero-order valence-corrected chi connectivity index (χ0v) is 30.4. The number of aryl methyl sites for hydroxylation is 2. The van der Waals surface area contributed by atoms with E-state index >= 15 is 0 Å². The Kier molecular flexibility index (Phi) is 8.94. The fourth-order valence-electron chi connectivity index (χ4n) is 8.72. The quantitative estimate of drug-likeness (QED) is 0.0862. The SMILES string of the molecule is O=S(=O)([O-])c1cc(S(=O)(=O)NCCCCCN=C=S)ccc1C1=c2cc3c4c(c2Oc2c1cc1c5c2CCCN5CCC1)CCC[N+]=4CCC3. The van der Waals surface area contributed by atoms with Crippen molar-refractivity contribution in [3.05, 3.63) is 74.3 Å². The summed E-state index contributed by atoms with van der Waals surface area (Å²) >= 11 is 4.58. The molecule has 0 saturated carbocycles. The van der Waals surface area contributed by atoms with Gasteiger partial charge in [-0.2, -0.15) is 0 Å². The molecule has 0 atom stereocenters. The normalized spacial score (nSPS) is 17.6. The average molecular weight is 733 g/mol. The van der Waals surface area contributed by atoms with Crippen LogP contribution in [0.15, 0.2) is 45.1 Å². The van der Waals surface area contributed by atoms with Gasteiger partial charge in [0.05, 0.1) is 20.5 Å². The Labute approximate surface area is 298 Å². The van der Waals surface area contributed by atoms with Gasteiger partial charge in [-0.25, -0.2) is 31.1 Å². The van der Waals surface area contributed by atoms with Crippen LogP contribution in [0.3, 0.4) is 0 Å². The largest absolute Gasteiger partial charge is 0.744 e. The number of isothiocyanates is 1. The molecule has 10 nitrogen and oxygen atoms in total. The zero-order chi connectivity index (χ0) is 34.6. The van der Waals surface area contributed by atoms with E-state index in [0.29, 0.717) is 18.5 Å². The van der Waals surface area contributed by atoms with Crippen molar-refractivity contribution in [2.24, 2.45) is 4.99 Å². The standard InChI is InChI=1S/C37H40N4O6S3/c42-49(43,39-15-3-1-2-14-38-23-48)26-12-13-27(32(22-26)50(44,45)46)33-30-20-24-8-4-16-40-18-6-10-28(34(24)40)36(30)47-37-29-11-7-19-41-17-5-9-25(35(29)41)21-31(33)37/h12-13,20-22,39H,1-11,14-19H2. The van der Waals surface area contributed by atoms with Crippen LogP contribution < -0.4 is 29.5 Å². The van der Waals surface area contributed by atoms with E-state index in [0.717, 1.165) is 130 Å². The second-order valence-electron chi connectivity index (χ2n) is 13.9. The molecule has 3 aromatic rings. The first-order valence-electron chi connectivity index (χ1n) is 17.7. The van der Waals surface area contributed by atoms with Crippen LogP contribution >= 0.6 is 12.2 Å². The van der Waals surface area contributed by atoms with Crippen molar-refractivity contribution < 1.29 is 26.1 Å². The van der Waals surface area contributed by atoms with E-state index in [2.05, 4.69) is 48.7 Å². The van der Waals surface area contributed by atoms with Crippen LogP contribution in [0, 0.1) is 0 Å². The predicted molar refractivity (Wildman–Crippen MR) is 194 cm³/mol. The molecule has 13 heteroatoms. The number of fused-ring (bicyclic) bond motifs is 4. The number of hydrogen-bond donors (Lipinski definition) is 1. The monoisotopic (exact) mass is 732 g/mol. The summed E-state index contributed by atoms with van der Waals surface area (Å²) in [5.74, 6) is 1.46. The highest BCUT2D eigenvalue weighted by molar-refractivity contribution is 7.89. The summed E-state index contributed by atoms with van der Waals surface area (Å²) in [5, 5.41) is 4.31. The molecule has 0 fully saturated rings. The first-order chi connectivity index (χ1) is 24.2. The molecule has 262 valence electrons. The Balaban J connectivity index is 1.33. The number of ether oxygens (including phenoxy) is 1. The number of thiocarbonyl (C=S) groups is 1. The van der Waals surface area contributed by atoms with Gasteiger partial charge < -0.3 is 14.2 Å². The third-order valence-corrected chi connectivity index (χ3v) is 13.3. The zero-order valence-electron chi connectivity index (χ0n) is 27.9. The highest BCUT2D eigenvalue weighted by Crippen LogP contribution is 2.49. The summed E-state index contributed by atoms with van der Waals surface area (Å²) in [5.41, 5.74) is 7.48. The van der Waals surface area contributed by atoms with E-state index in [1.54, 1.807) is 0 Å². The molecule has 5 aliphatic rings. The molecule has 8 rings (SSSR count). The van der Waals surface area contributed by atoms with Gasteiger partial charge >= 0.3 is 0 Å². The van der Waals surface area contributed by atoms with Gasteiger partial charge in [0, 0.05) is 77.8 Å². The summed E-state index contributed by atoms with van der Waals surface area (Å²) in [6.07, 6.45) is 9.52. The van der Waals surface area contributed by atoms with Crippen LogP contribution in [0.1, 0.15) is 78.3 Å². The Morgan fingerprint density at radius 2 is 1.64 bits per heavy atom. The van der Waals surface area contributed by atoms with Crippen LogP contribution in [-0.2, 0) is 45.8 Å². The van der Waals surface area contributed by atoms with E-state index in [-0.39, 0.29) is 17.0 Å². The van der Waals surface area contributed by atoms with Gasteiger partial charge in [0.1, 0.15) is 34.7 Å². The number of benzene rings is 3. The van der Waals surface area contributed by atoms with Gasteiger partial charge in [-0.15, -0.1) is 0 Å². The van der Waals surface area contributed by atoms with Crippen LogP contribution in [0.25, 0.3) is 5.57 Å². The van der Waals surface area contributed by atoms with Crippen LogP contribution in [-0.4, -0.2) is 65.8 Å². The Morgan fingerprint density at radius 1 is 0.880 bits per heavy atom. The second-order valence-corrected chi connectivity index (χ2v) is 17.2. The van der Waals surface area contributed by atoms with Crippen molar-refractivity contribution in [3.63, 3.8) is 0 Å². The number of hydrogen-bond acceptors (Lipinski definition) is 9. The maximum atomic E-state index is 13.4. The molecule has 0 saturated heterocycles. The minimum atomic E-state index is -5.12. The molecule has 3 aromatic carbocycles. The number of unbranched alkanes of at least 4 members (excludes halogenated alkanes) is 2. The summed E-state index contributed by atoms with van der Waals surface area (Å²) < 4.78 is 78.3. The van der Waals surface area contributed by atoms with Gasteiger partial charge in [0.25, 0.3) is 0 Å². The first kappa shape index (κ1) is 33.7. The summed E-state index contributed by atoms with van der Waals surface area (Å²) in [6, 6.07) is 8.21. The van der Waals surface area contributed by atoms with E-state index in [9.17, 15) is 21.4 Å². The van der Waals surface area contributed by atoms with Gasteiger partial charge in [-0.3, -0.25) is 0 Å². The van der Waals surface area contributed by atoms with Crippen molar-refractivity contribution in [1.82, 2.24) is 9.30 Å². The number of aliphatic imine (C=N–C) groups is 1. The van der Waals surface area contributed by atoms with Crippen molar-refractivity contribution >= 4 is 48.8 Å². The average Bonchev–Trinajstić information content (AvgIpc) is 3.10. The molecule has 0 spiro atoms. The van der Waals surface area contributed by atoms with Crippen molar-refractivity contribution in [3.8, 4) is 11.5 Å². The highest BCUT2D eigenvalue weighted by Gasteiger charge is 2.36. The molecule has 0 amide bonds. The number of nitrogens with one attached hydrogen (secondary N) is 1. The minimum Gasteiger partial charge on any atom is -0.744 e. The van der Waals surface area contributed by atoms with Crippen molar-refractivity contribution in [2.45, 2.75) is 80.4 Å². The molecular weight excluding hydrogens is 693 g/mol. The molecule has 5 aliphatic heterocycles. The first-order valence-corrected chi connectivity index (χ1v) is 21.0. The number of sulfonamides is 1. The lowest BCUT2D eigenvalue weighted by Gasteiger charge is -2.39. The van der Waals surface area contributed by atoms with Crippen molar-refractivity contribution in [1.29, 1.82) is 0 Å². The molecule has 0 bridgehead atoms. The van der Waals surface area contributed by atoms with Crippen LogP contribution in [0.2, 0.25) is 0 Å². The number of rotatable bonds is 10. The summed E-state index contributed by atoms with van der Waals surface area (Å²) in [4.78, 5) is 5.51. The fourth-order valence-corrected chi connectivity index (χ4v) is 10.7. The van der Waals surface area contributed by atoms with Gasteiger partial charge in [-0.1, -0.05) is 12.5 Å². The highest BCUT2D eigenvalue weighted by atomic mass is 32.2. The third-order valence-electron chi connectivity index (χ3n) is 10.8. The second kappa shape index (κ2) is 13.3. The topological polar surface area (TPSA) is 131 Å². The Bertz CT molecular complexity index is 2330. The minimum absolute atomic E-state index is 0.163. The molecule has 1 N–H and O–H groups in total. The third kappa shape index (κ3) is 5.91. The molecule has 0 aliphatic carbocycles. The smallest absolute Gasteiger partial charge is 0.240 e. The maximum Gasteiger partial charge on any atom is 0.240 e. The van der Waals surface area contributed by atoms with E-state index in [1.165, 1.54) is 34.3 Å². The van der Waals surface area contributed by atoms with Crippen LogP contribution in [0.4, 0.5) is 5.69 Å². The van der Waals surface area contributed by atoms with E-state index in [1.807, 2.05) is 0 Å². The van der Waals surface area contributed by atoms with Gasteiger partial charge in [0.15, 0.2) is 0 Å². The molecule has 5 heterocycles. The fraction of sp³-hybridized carbons (Fsp3) is 0.459. The molecule has 0 aromatic heterocycles. The Hall–Kier alpha value is -3.45. The molecule has 0 radical (unpaired) electrons. The number of anilines is 1. The van der Waals surface area contributed by atoms with Gasteiger partial charge in [0.2, 0.25) is 15.4 Å². The van der Waals surface area contributed by atoms with Crippen molar-refractivity contribution in [2.75, 3.05) is 44.2 Å². The molecular formula is C37H40N4O6S3. The Morgan fingerprint density at radius 3 is 2.44 bits per heavy atom. The lowest BCUT2D eigenvalue weighted by Crippen LogP contribution is -2.45. The summed E-state index contributed by atoms with van der Waals surface area (Å²) in [6.45, 7) is 4.66. The lowest BCUT2D eigenvalue weighted by atomic mass is 9.82.